The summed E-state index contributed by atoms with van der Waals surface area (Å²) in [5, 5.41) is 13.3. The summed E-state index contributed by atoms with van der Waals surface area (Å²) in [6, 6.07) is 3.29. The van der Waals surface area contributed by atoms with Crippen LogP contribution in [0.5, 0.6) is 0 Å². The summed E-state index contributed by atoms with van der Waals surface area (Å²) in [7, 11) is 1.75. The molecule has 0 saturated heterocycles. The van der Waals surface area contributed by atoms with E-state index < -0.39 is 0 Å². The van der Waals surface area contributed by atoms with E-state index in [1.807, 2.05) is 0 Å². The molecule has 0 bridgehead atoms. The molecule has 4 heteroatoms. The first-order chi connectivity index (χ1) is 9.25. The molecule has 0 heterocycles. The van der Waals surface area contributed by atoms with Crippen molar-refractivity contribution in [1.29, 1.82) is 5.26 Å². The summed E-state index contributed by atoms with van der Waals surface area (Å²) < 4.78 is 5.21. The first kappa shape index (κ1) is 14.8. The largest absolute Gasteiger partial charge is 0.383 e. The Morgan fingerprint density at radius 2 is 2.11 bits per heavy atom. The molecule has 2 saturated carbocycles. The normalized spacial score (nSPS) is 22.2. The van der Waals surface area contributed by atoms with E-state index in [2.05, 4.69) is 23.2 Å². The van der Waals surface area contributed by atoms with Gasteiger partial charge in [-0.2, -0.15) is 5.26 Å². The molecule has 0 aromatic carbocycles. The van der Waals surface area contributed by atoms with Crippen LogP contribution >= 0.6 is 0 Å². The molecule has 0 aliphatic heterocycles. The average molecular weight is 265 g/mol. The number of nitrogens with zero attached hydrogens (tertiary/aromatic N) is 2. The molecule has 19 heavy (non-hydrogen) atoms. The Balaban J connectivity index is 1.98. The number of hydrogen-bond donors (Lipinski definition) is 1. The van der Waals surface area contributed by atoms with Crippen molar-refractivity contribution in [3.63, 3.8) is 0 Å². The quantitative estimate of drug-likeness (QED) is 0.654. The van der Waals surface area contributed by atoms with Gasteiger partial charge < -0.3 is 4.74 Å². The third-order valence-corrected chi connectivity index (χ3v) is 4.26. The van der Waals surface area contributed by atoms with Crippen molar-refractivity contribution in [2.24, 2.45) is 5.92 Å². The first-order valence-electron chi connectivity index (χ1n) is 7.65. The summed E-state index contributed by atoms with van der Waals surface area (Å²) in [5.41, 5.74) is -0.327. The smallest absolute Gasteiger partial charge is 0.122 e. The molecule has 2 aliphatic rings. The van der Waals surface area contributed by atoms with Gasteiger partial charge in [0.05, 0.1) is 12.7 Å². The minimum absolute atomic E-state index is 0.327. The average Bonchev–Trinajstić information content (AvgIpc) is 3.30. The Morgan fingerprint density at radius 1 is 1.37 bits per heavy atom. The fourth-order valence-corrected chi connectivity index (χ4v) is 2.78. The van der Waals surface area contributed by atoms with Crippen LogP contribution in [-0.4, -0.2) is 49.8 Å². The highest BCUT2D eigenvalue weighted by Gasteiger charge is 2.47. The molecule has 2 rings (SSSR count). The fourth-order valence-electron chi connectivity index (χ4n) is 2.78. The highest BCUT2D eigenvalue weighted by molar-refractivity contribution is 5.17. The van der Waals surface area contributed by atoms with E-state index in [1.54, 1.807) is 7.11 Å². The number of nitrogens with one attached hydrogen (secondary N) is 1. The minimum atomic E-state index is -0.327. The third-order valence-electron chi connectivity index (χ3n) is 4.26. The Morgan fingerprint density at radius 3 is 2.58 bits per heavy atom. The third kappa shape index (κ3) is 3.92. The SMILES string of the molecule is CCCNC(C#N)(CN(CCOC)C1CC1)C1CC1. The van der Waals surface area contributed by atoms with Crippen LogP contribution in [0.4, 0.5) is 0 Å². The number of nitriles is 1. The number of rotatable bonds is 10. The maximum absolute atomic E-state index is 9.72. The molecule has 1 atom stereocenters. The molecule has 0 amide bonds. The van der Waals surface area contributed by atoms with E-state index in [0.29, 0.717) is 12.0 Å². The van der Waals surface area contributed by atoms with Crippen LogP contribution in [0.3, 0.4) is 0 Å². The molecule has 1 unspecified atom stereocenters. The summed E-state index contributed by atoms with van der Waals surface area (Å²) in [4.78, 5) is 2.47. The van der Waals surface area contributed by atoms with Crippen LogP contribution < -0.4 is 5.32 Å². The minimum Gasteiger partial charge on any atom is -0.383 e. The highest BCUT2D eigenvalue weighted by atomic mass is 16.5. The summed E-state index contributed by atoms with van der Waals surface area (Å²) >= 11 is 0. The van der Waals surface area contributed by atoms with Crippen molar-refractivity contribution in [1.82, 2.24) is 10.2 Å². The van der Waals surface area contributed by atoms with Gasteiger partial charge in [0.25, 0.3) is 0 Å². The second kappa shape index (κ2) is 6.69. The van der Waals surface area contributed by atoms with Gasteiger partial charge in [-0.15, -0.1) is 0 Å². The molecule has 4 nitrogen and oxygen atoms in total. The molecule has 0 spiro atoms. The van der Waals surface area contributed by atoms with Gasteiger partial charge in [-0.05, 0) is 44.6 Å². The van der Waals surface area contributed by atoms with Crippen molar-refractivity contribution in [3.05, 3.63) is 0 Å². The fraction of sp³-hybridized carbons (Fsp3) is 0.933. The molecule has 2 fully saturated rings. The van der Waals surface area contributed by atoms with E-state index in [9.17, 15) is 5.26 Å². The Kier molecular flexibility index (Phi) is 5.20. The van der Waals surface area contributed by atoms with E-state index >= 15 is 0 Å². The van der Waals surface area contributed by atoms with Gasteiger partial charge in [-0.25, -0.2) is 0 Å². The summed E-state index contributed by atoms with van der Waals surface area (Å²) in [6.07, 6.45) is 6.05. The lowest BCUT2D eigenvalue weighted by atomic mass is 9.93. The van der Waals surface area contributed by atoms with Crippen LogP contribution in [0.15, 0.2) is 0 Å². The van der Waals surface area contributed by atoms with Crippen LogP contribution in [-0.2, 0) is 4.74 Å². The van der Waals surface area contributed by atoms with E-state index in [1.165, 1.54) is 25.7 Å². The van der Waals surface area contributed by atoms with Gasteiger partial charge in [0, 0.05) is 26.2 Å². The Bertz CT molecular complexity index is 320. The van der Waals surface area contributed by atoms with Crippen LogP contribution in [0.1, 0.15) is 39.0 Å². The van der Waals surface area contributed by atoms with Gasteiger partial charge in [0.2, 0.25) is 0 Å². The summed E-state index contributed by atoms with van der Waals surface area (Å²) in [5.74, 6) is 0.549. The van der Waals surface area contributed by atoms with Gasteiger partial charge in [-0.1, -0.05) is 6.92 Å². The second-order valence-electron chi connectivity index (χ2n) is 5.98. The zero-order valence-electron chi connectivity index (χ0n) is 12.3. The predicted octanol–water partition coefficient (Wildman–Crippen LogP) is 1.77. The van der Waals surface area contributed by atoms with Crippen molar-refractivity contribution in [2.45, 2.75) is 50.6 Å². The zero-order chi connectivity index (χ0) is 13.7. The zero-order valence-corrected chi connectivity index (χ0v) is 12.3. The monoisotopic (exact) mass is 265 g/mol. The van der Waals surface area contributed by atoms with Crippen molar-refractivity contribution in [3.8, 4) is 6.07 Å². The lowest BCUT2D eigenvalue weighted by molar-refractivity contribution is 0.122. The van der Waals surface area contributed by atoms with Gasteiger partial charge in [0.1, 0.15) is 5.54 Å². The predicted molar refractivity (Wildman–Crippen MR) is 75.8 cm³/mol. The Labute approximate surface area is 117 Å². The highest BCUT2D eigenvalue weighted by Crippen LogP contribution is 2.41. The maximum atomic E-state index is 9.72. The van der Waals surface area contributed by atoms with Crippen LogP contribution in [0.2, 0.25) is 0 Å². The summed E-state index contributed by atoms with van der Waals surface area (Å²) in [6.45, 7) is 5.67. The standard InChI is InChI=1S/C15H27N3O/c1-3-8-17-15(11-16,13-4-5-13)12-18(9-10-19-2)14-6-7-14/h13-14,17H,3-10,12H2,1-2H3. The number of methoxy groups -OCH3 is 1. The Hall–Kier alpha value is -0.630. The second-order valence-corrected chi connectivity index (χ2v) is 5.98. The molecular weight excluding hydrogens is 238 g/mol. The van der Waals surface area contributed by atoms with Crippen molar-refractivity contribution in [2.75, 3.05) is 33.4 Å². The van der Waals surface area contributed by atoms with Crippen LogP contribution in [0.25, 0.3) is 0 Å². The lowest BCUT2D eigenvalue weighted by Gasteiger charge is -2.34. The van der Waals surface area contributed by atoms with Crippen LogP contribution in [0, 0.1) is 17.2 Å². The number of hydrogen-bond acceptors (Lipinski definition) is 4. The number of ether oxygens (including phenoxy) is 1. The molecule has 0 aromatic rings. The molecular formula is C15H27N3O. The van der Waals surface area contributed by atoms with Crippen molar-refractivity contribution >= 4 is 0 Å². The topological polar surface area (TPSA) is 48.3 Å². The lowest BCUT2D eigenvalue weighted by Crippen LogP contribution is -2.55. The molecule has 1 N–H and O–H groups in total. The van der Waals surface area contributed by atoms with E-state index in [-0.39, 0.29) is 5.54 Å². The van der Waals surface area contributed by atoms with E-state index in [4.69, 9.17) is 4.74 Å². The molecule has 0 radical (unpaired) electrons. The van der Waals surface area contributed by atoms with Crippen molar-refractivity contribution < 1.29 is 4.74 Å². The molecule has 2 aliphatic carbocycles. The van der Waals surface area contributed by atoms with Gasteiger partial charge in [0.15, 0.2) is 0 Å². The molecule has 0 aromatic heterocycles. The van der Waals surface area contributed by atoms with Gasteiger partial charge in [-0.3, -0.25) is 10.2 Å². The first-order valence-corrected chi connectivity index (χ1v) is 7.65. The molecule has 108 valence electrons. The maximum Gasteiger partial charge on any atom is 0.122 e. The van der Waals surface area contributed by atoms with E-state index in [0.717, 1.165) is 32.7 Å². The van der Waals surface area contributed by atoms with Gasteiger partial charge >= 0.3 is 0 Å².